The van der Waals surface area contributed by atoms with Gasteiger partial charge in [-0.05, 0) is 31.8 Å². The lowest BCUT2D eigenvalue weighted by atomic mass is 10.2. The number of carbonyl (C=O) groups is 1. The van der Waals surface area contributed by atoms with E-state index in [1.54, 1.807) is 17.0 Å². The fourth-order valence-electron chi connectivity index (χ4n) is 2.15. The number of carbonyl (C=O) groups excluding carboxylic acids is 1. The van der Waals surface area contributed by atoms with Crippen molar-refractivity contribution in [3.8, 4) is 0 Å². The fraction of sp³-hybridized carbons (Fsp3) is 0.294. The smallest absolute Gasteiger partial charge is 0.254 e. The number of aromatic nitrogens is 1. The molecule has 0 saturated heterocycles. The Hall–Kier alpha value is -1.62. The largest absolute Gasteiger partial charge is 0.333 e. The standard InChI is InChI=1S/C17H19Cl2N3O/c1-21(2)8-9-22(12-13-6-4-3-5-7-13)17(23)14-10-15(18)20-16(19)11-14/h3-7,10-11H,8-9,12H2,1-2H3. The van der Waals surface area contributed by atoms with Crippen LogP contribution >= 0.6 is 23.2 Å². The highest BCUT2D eigenvalue weighted by molar-refractivity contribution is 6.33. The third kappa shape index (κ3) is 5.50. The normalized spacial score (nSPS) is 10.8. The zero-order valence-electron chi connectivity index (χ0n) is 13.2. The van der Waals surface area contributed by atoms with E-state index >= 15 is 0 Å². The summed E-state index contributed by atoms with van der Waals surface area (Å²) >= 11 is 11.8. The minimum absolute atomic E-state index is 0.109. The zero-order valence-corrected chi connectivity index (χ0v) is 14.7. The van der Waals surface area contributed by atoms with Gasteiger partial charge in [0.15, 0.2) is 0 Å². The topological polar surface area (TPSA) is 36.4 Å². The van der Waals surface area contributed by atoms with Crippen molar-refractivity contribution in [3.05, 3.63) is 63.9 Å². The SMILES string of the molecule is CN(C)CCN(Cc1ccccc1)C(=O)c1cc(Cl)nc(Cl)c1. The molecule has 2 rings (SSSR count). The van der Waals surface area contributed by atoms with Crippen LogP contribution in [-0.2, 0) is 6.54 Å². The summed E-state index contributed by atoms with van der Waals surface area (Å²) in [7, 11) is 3.96. The van der Waals surface area contributed by atoms with Gasteiger partial charge in [0.05, 0.1) is 0 Å². The molecule has 0 spiro atoms. The molecule has 0 saturated carbocycles. The van der Waals surface area contributed by atoms with Crippen molar-refractivity contribution in [1.82, 2.24) is 14.8 Å². The maximum absolute atomic E-state index is 12.8. The Morgan fingerprint density at radius 3 is 2.22 bits per heavy atom. The number of likely N-dealkylation sites (N-methyl/N-ethyl adjacent to an activating group) is 1. The summed E-state index contributed by atoms with van der Waals surface area (Å²) in [6, 6.07) is 13.0. The van der Waals surface area contributed by atoms with Crippen molar-refractivity contribution in [1.29, 1.82) is 0 Å². The molecule has 4 nitrogen and oxygen atoms in total. The molecular formula is C17H19Cl2N3O. The molecule has 0 fully saturated rings. The number of rotatable bonds is 6. The molecule has 0 aliphatic carbocycles. The summed E-state index contributed by atoms with van der Waals surface area (Å²) in [5.74, 6) is -0.109. The highest BCUT2D eigenvalue weighted by atomic mass is 35.5. The third-order valence-corrected chi connectivity index (χ3v) is 3.72. The quantitative estimate of drug-likeness (QED) is 0.746. The van der Waals surface area contributed by atoms with Crippen LogP contribution in [-0.4, -0.2) is 47.9 Å². The minimum Gasteiger partial charge on any atom is -0.333 e. The Balaban J connectivity index is 2.22. The lowest BCUT2D eigenvalue weighted by Gasteiger charge is -2.25. The van der Waals surface area contributed by atoms with Gasteiger partial charge in [0, 0.05) is 25.2 Å². The van der Waals surface area contributed by atoms with Crippen molar-refractivity contribution in [2.45, 2.75) is 6.54 Å². The first-order valence-electron chi connectivity index (χ1n) is 7.26. The first kappa shape index (κ1) is 17.7. The van der Waals surface area contributed by atoms with Crippen LogP contribution in [0.1, 0.15) is 15.9 Å². The number of nitrogens with zero attached hydrogens (tertiary/aromatic N) is 3. The summed E-state index contributed by atoms with van der Waals surface area (Å²) < 4.78 is 0. The van der Waals surface area contributed by atoms with Gasteiger partial charge in [0.2, 0.25) is 0 Å². The number of amides is 1. The first-order valence-corrected chi connectivity index (χ1v) is 8.02. The molecule has 2 aromatic rings. The van der Waals surface area contributed by atoms with E-state index in [1.165, 1.54) is 0 Å². The third-order valence-electron chi connectivity index (χ3n) is 3.33. The van der Waals surface area contributed by atoms with Gasteiger partial charge >= 0.3 is 0 Å². The van der Waals surface area contributed by atoms with Crippen molar-refractivity contribution in [2.24, 2.45) is 0 Å². The summed E-state index contributed by atoms with van der Waals surface area (Å²) in [4.78, 5) is 20.5. The van der Waals surface area contributed by atoms with Crippen molar-refractivity contribution < 1.29 is 4.79 Å². The van der Waals surface area contributed by atoms with Gasteiger partial charge in [-0.15, -0.1) is 0 Å². The lowest BCUT2D eigenvalue weighted by Crippen LogP contribution is -2.36. The Bertz CT molecular complexity index is 642. The average Bonchev–Trinajstić information content (AvgIpc) is 2.50. The molecule has 6 heteroatoms. The molecule has 0 radical (unpaired) electrons. The molecule has 0 unspecified atom stereocenters. The molecule has 0 aliphatic rings. The number of hydrogen-bond acceptors (Lipinski definition) is 3. The van der Waals surface area contributed by atoms with Crippen LogP contribution in [0.15, 0.2) is 42.5 Å². The van der Waals surface area contributed by atoms with Gasteiger partial charge in [-0.25, -0.2) is 4.98 Å². The van der Waals surface area contributed by atoms with Crippen molar-refractivity contribution in [3.63, 3.8) is 0 Å². The Morgan fingerprint density at radius 1 is 1.04 bits per heavy atom. The molecular weight excluding hydrogens is 333 g/mol. The van der Waals surface area contributed by atoms with Gasteiger partial charge in [0.25, 0.3) is 5.91 Å². The molecule has 1 amide bonds. The number of pyridine rings is 1. The average molecular weight is 352 g/mol. The highest BCUT2D eigenvalue weighted by Gasteiger charge is 2.17. The lowest BCUT2D eigenvalue weighted by molar-refractivity contribution is 0.0732. The van der Waals surface area contributed by atoms with Crippen LogP contribution in [0.4, 0.5) is 0 Å². The zero-order chi connectivity index (χ0) is 16.8. The molecule has 0 atom stereocenters. The molecule has 1 heterocycles. The van der Waals surface area contributed by atoms with E-state index in [2.05, 4.69) is 4.98 Å². The molecule has 23 heavy (non-hydrogen) atoms. The Morgan fingerprint density at radius 2 is 1.65 bits per heavy atom. The maximum Gasteiger partial charge on any atom is 0.254 e. The number of benzene rings is 1. The fourth-order valence-corrected chi connectivity index (χ4v) is 2.61. The van der Waals surface area contributed by atoms with E-state index in [0.29, 0.717) is 18.7 Å². The van der Waals surface area contributed by atoms with E-state index in [1.807, 2.05) is 49.3 Å². The molecule has 0 aliphatic heterocycles. The highest BCUT2D eigenvalue weighted by Crippen LogP contribution is 2.17. The van der Waals surface area contributed by atoms with Crippen LogP contribution < -0.4 is 0 Å². The van der Waals surface area contributed by atoms with E-state index in [4.69, 9.17) is 23.2 Å². The van der Waals surface area contributed by atoms with Gasteiger partial charge < -0.3 is 9.80 Å². The van der Waals surface area contributed by atoms with Gasteiger partial charge in [-0.1, -0.05) is 53.5 Å². The van der Waals surface area contributed by atoms with Crippen LogP contribution in [0.3, 0.4) is 0 Å². The summed E-state index contributed by atoms with van der Waals surface area (Å²) in [5, 5.41) is 0.432. The predicted molar refractivity (Wildman–Crippen MR) is 94.0 cm³/mol. The van der Waals surface area contributed by atoms with Crippen LogP contribution in [0.5, 0.6) is 0 Å². The molecule has 1 aromatic heterocycles. The monoisotopic (exact) mass is 351 g/mol. The van der Waals surface area contributed by atoms with E-state index in [9.17, 15) is 4.79 Å². The molecule has 0 N–H and O–H groups in total. The molecule has 1 aromatic carbocycles. The van der Waals surface area contributed by atoms with E-state index in [0.717, 1.165) is 12.1 Å². The Labute approximate surface area is 146 Å². The van der Waals surface area contributed by atoms with Crippen molar-refractivity contribution in [2.75, 3.05) is 27.2 Å². The van der Waals surface area contributed by atoms with E-state index in [-0.39, 0.29) is 16.2 Å². The number of hydrogen-bond donors (Lipinski definition) is 0. The molecule has 0 bridgehead atoms. The van der Waals surface area contributed by atoms with Gasteiger partial charge in [-0.3, -0.25) is 4.79 Å². The minimum atomic E-state index is -0.109. The van der Waals surface area contributed by atoms with Crippen LogP contribution in [0.25, 0.3) is 0 Å². The molecule has 122 valence electrons. The van der Waals surface area contributed by atoms with Crippen LogP contribution in [0, 0.1) is 0 Å². The summed E-state index contributed by atoms with van der Waals surface area (Å²) in [5.41, 5.74) is 1.52. The van der Waals surface area contributed by atoms with Crippen molar-refractivity contribution >= 4 is 29.1 Å². The summed E-state index contributed by atoms with van der Waals surface area (Å²) in [6.45, 7) is 1.91. The van der Waals surface area contributed by atoms with Crippen LogP contribution in [0.2, 0.25) is 10.3 Å². The maximum atomic E-state index is 12.8. The van der Waals surface area contributed by atoms with Gasteiger partial charge in [0.1, 0.15) is 10.3 Å². The second kappa shape index (κ2) is 8.29. The second-order valence-electron chi connectivity index (χ2n) is 5.52. The van der Waals surface area contributed by atoms with Gasteiger partial charge in [-0.2, -0.15) is 0 Å². The second-order valence-corrected chi connectivity index (χ2v) is 6.29. The predicted octanol–water partition coefficient (Wildman–Crippen LogP) is 3.59. The first-order chi connectivity index (χ1) is 11.0. The Kier molecular flexibility index (Phi) is 6.39. The number of halogens is 2. The van der Waals surface area contributed by atoms with E-state index < -0.39 is 0 Å². The summed E-state index contributed by atoms with van der Waals surface area (Å²) in [6.07, 6.45) is 0.